The van der Waals surface area contributed by atoms with Gasteiger partial charge >= 0.3 is 0 Å². The van der Waals surface area contributed by atoms with Crippen LogP contribution in [-0.4, -0.2) is 31.2 Å². The summed E-state index contributed by atoms with van der Waals surface area (Å²) in [6.45, 7) is 5.74. The highest BCUT2D eigenvalue weighted by Crippen LogP contribution is 2.39. The van der Waals surface area contributed by atoms with Gasteiger partial charge in [0.25, 0.3) is 0 Å². The zero-order valence-electron chi connectivity index (χ0n) is 26.0. The monoisotopic (exact) mass is 670 g/mol. The Hall–Kier alpha value is -3.07. The maximum atomic E-state index is 11.1. The summed E-state index contributed by atoms with van der Waals surface area (Å²) in [7, 11) is 0. The molecule has 1 N–H and O–H groups in total. The third-order valence-corrected chi connectivity index (χ3v) is 10.4. The van der Waals surface area contributed by atoms with E-state index >= 15 is 0 Å². The second kappa shape index (κ2) is 18.2. The van der Waals surface area contributed by atoms with Crippen molar-refractivity contribution in [2.45, 2.75) is 51.8 Å². The number of aryl methyl sites for hydroxylation is 2. The normalized spacial score (nSPS) is 15.5. The van der Waals surface area contributed by atoms with Crippen LogP contribution in [0.4, 0.5) is 0 Å². The molecule has 6 rings (SSSR count). The van der Waals surface area contributed by atoms with Crippen LogP contribution in [0.5, 0.6) is 0 Å². The van der Waals surface area contributed by atoms with Crippen LogP contribution in [0.25, 0.3) is 11.3 Å². The first-order valence-electron chi connectivity index (χ1n) is 15.6. The van der Waals surface area contributed by atoms with Crippen molar-refractivity contribution in [1.29, 1.82) is 0 Å². The highest BCUT2D eigenvalue weighted by Gasteiger charge is 2.43. The van der Waals surface area contributed by atoms with Crippen LogP contribution < -0.4 is 0 Å². The Kier molecular flexibility index (Phi) is 14.0. The molecule has 1 saturated heterocycles. The molecule has 4 aromatic carbocycles. The minimum Gasteiger partial charge on any atom is -0.366 e. The van der Waals surface area contributed by atoms with Gasteiger partial charge < -0.3 is 14.6 Å². The summed E-state index contributed by atoms with van der Waals surface area (Å²) >= 11 is 14.1. The Bertz CT molecular complexity index is 1620. The number of thiazole rings is 1. The van der Waals surface area contributed by atoms with E-state index in [0.717, 1.165) is 52.6 Å². The molecule has 2 heterocycles. The van der Waals surface area contributed by atoms with E-state index in [1.165, 1.54) is 22.4 Å². The summed E-state index contributed by atoms with van der Waals surface area (Å²) < 4.78 is 4.01. The molecule has 5 aromatic rings. The van der Waals surface area contributed by atoms with E-state index in [1.807, 2.05) is 61.2 Å². The number of thioether (sulfide) groups is 1. The standard InChI is InChI=1S/C18H19NOS2.C18H17NS2.C2H6/c20-18(16-11-5-2-6-12-16)14-22-17(21)19(18)13-7-10-15-8-3-1-4-9-15;20-18-19(13-7-10-15-8-3-1-4-9-15)17(14-21-18)16-11-5-2-6-12-16;1-2/h1-6,8-9,11-12,20H,7,10,13-14H2;1-6,8-9,11-12,14H,7,10,13H2;1-2H3. The van der Waals surface area contributed by atoms with Crippen LogP contribution in [0.15, 0.2) is 127 Å². The smallest absolute Gasteiger partial charge is 0.175 e. The van der Waals surface area contributed by atoms with Crippen LogP contribution in [0.3, 0.4) is 0 Å². The van der Waals surface area contributed by atoms with Crippen molar-refractivity contribution >= 4 is 51.9 Å². The number of nitrogens with zero attached hydrogens (tertiary/aromatic N) is 2. The fourth-order valence-electron chi connectivity index (χ4n) is 5.24. The van der Waals surface area contributed by atoms with E-state index in [-0.39, 0.29) is 0 Å². The van der Waals surface area contributed by atoms with Gasteiger partial charge in [-0.05, 0) is 54.6 Å². The number of rotatable bonds is 10. The van der Waals surface area contributed by atoms with Crippen LogP contribution in [0.2, 0.25) is 0 Å². The van der Waals surface area contributed by atoms with Gasteiger partial charge in [-0.2, -0.15) is 0 Å². The Balaban J connectivity index is 0.000000194. The molecule has 1 fully saturated rings. The molecular formula is C38H42N2OS4. The van der Waals surface area contributed by atoms with E-state index in [4.69, 9.17) is 24.4 Å². The van der Waals surface area contributed by atoms with E-state index < -0.39 is 5.72 Å². The van der Waals surface area contributed by atoms with Crippen LogP contribution in [0, 0.1) is 3.95 Å². The first kappa shape index (κ1) is 34.8. The lowest BCUT2D eigenvalue weighted by molar-refractivity contribution is -0.0469. The van der Waals surface area contributed by atoms with Gasteiger partial charge in [-0.25, -0.2) is 0 Å². The number of thiocarbonyl (C=S) groups is 1. The molecule has 1 aromatic heterocycles. The van der Waals surface area contributed by atoms with Gasteiger partial charge in [0.15, 0.2) is 9.68 Å². The predicted octanol–water partition coefficient (Wildman–Crippen LogP) is 10.4. The summed E-state index contributed by atoms with van der Waals surface area (Å²) in [5, 5.41) is 13.3. The Morgan fingerprint density at radius 1 is 0.689 bits per heavy atom. The van der Waals surface area contributed by atoms with Gasteiger partial charge in [0.2, 0.25) is 0 Å². The average Bonchev–Trinajstić information content (AvgIpc) is 3.62. The van der Waals surface area contributed by atoms with Gasteiger partial charge in [-0.3, -0.25) is 0 Å². The summed E-state index contributed by atoms with van der Waals surface area (Å²) in [6.07, 6.45) is 4.16. The molecule has 0 amide bonds. The molecule has 3 nitrogen and oxygen atoms in total. The number of hydrogen-bond acceptors (Lipinski definition) is 5. The lowest BCUT2D eigenvalue weighted by Gasteiger charge is -2.34. The molecular weight excluding hydrogens is 629 g/mol. The van der Waals surface area contributed by atoms with Gasteiger partial charge in [-0.1, -0.05) is 159 Å². The van der Waals surface area contributed by atoms with Gasteiger partial charge in [0.1, 0.15) is 4.32 Å². The molecule has 7 heteroatoms. The maximum Gasteiger partial charge on any atom is 0.175 e. The maximum absolute atomic E-state index is 11.1. The average molecular weight is 671 g/mol. The SMILES string of the molecule is CC.OC1(c2ccccc2)CSC(=S)N1CCCc1ccccc1.S=c1scc(-c2ccccc2)n1CCCc1ccccc1. The van der Waals surface area contributed by atoms with E-state index in [0.29, 0.717) is 5.75 Å². The summed E-state index contributed by atoms with van der Waals surface area (Å²) in [6, 6.07) is 41.4. The number of aromatic nitrogens is 1. The van der Waals surface area contributed by atoms with Gasteiger partial charge in [0.05, 0.1) is 11.4 Å². The molecule has 1 unspecified atom stereocenters. The third kappa shape index (κ3) is 9.71. The van der Waals surface area contributed by atoms with Crippen LogP contribution >= 0.6 is 47.5 Å². The largest absolute Gasteiger partial charge is 0.366 e. The summed E-state index contributed by atoms with van der Waals surface area (Å²) in [5.41, 5.74) is 5.13. The summed E-state index contributed by atoms with van der Waals surface area (Å²) in [5.74, 6) is 0.598. The van der Waals surface area contributed by atoms with Crippen molar-refractivity contribution < 1.29 is 5.11 Å². The third-order valence-electron chi connectivity index (χ3n) is 7.53. The molecule has 0 spiro atoms. The van der Waals surface area contributed by atoms with Crippen molar-refractivity contribution in [3.63, 3.8) is 0 Å². The molecule has 1 atom stereocenters. The van der Waals surface area contributed by atoms with Crippen molar-refractivity contribution in [3.8, 4) is 11.3 Å². The Morgan fingerprint density at radius 2 is 1.18 bits per heavy atom. The van der Waals surface area contributed by atoms with Gasteiger partial charge in [0, 0.05) is 24.0 Å². The molecule has 0 radical (unpaired) electrons. The van der Waals surface area contributed by atoms with Crippen molar-refractivity contribution in [3.05, 3.63) is 147 Å². The first-order chi connectivity index (χ1) is 22.0. The van der Waals surface area contributed by atoms with E-state index in [1.54, 1.807) is 23.1 Å². The molecule has 0 bridgehead atoms. The molecule has 1 aliphatic heterocycles. The van der Waals surface area contributed by atoms with E-state index in [2.05, 4.69) is 88.8 Å². The highest BCUT2D eigenvalue weighted by molar-refractivity contribution is 8.23. The molecule has 1 aliphatic rings. The summed E-state index contributed by atoms with van der Waals surface area (Å²) in [4.78, 5) is 1.98. The van der Waals surface area contributed by atoms with Crippen LogP contribution in [-0.2, 0) is 25.1 Å². The van der Waals surface area contributed by atoms with Gasteiger partial charge in [-0.15, -0.1) is 11.3 Å². The number of hydrogen-bond donors (Lipinski definition) is 1. The Morgan fingerprint density at radius 3 is 1.73 bits per heavy atom. The predicted molar refractivity (Wildman–Crippen MR) is 202 cm³/mol. The zero-order chi connectivity index (χ0) is 31.9. The van der Waals surface area contributed by atoms with Crippen molar-refractivity contribution in [1.82, 2.24) is 9.47 Å². The molecule has 0 aliphatic carbocycles. The fraction of sp³-hybridized carbons (Fsp3) is 0.263. The first-order valence-corrected chi connectivity index (χ1v) is 18.3. The fourth-order valence-corrected chi connectivity index (χ4v) is 7.83. The topological polar surface area (TPSA) is 28.4 Å². The molecule has 0 saturated carbocycles. The lowest BCUT2D eigenvalue weighted by Crippen LogP contribution is -2.45. The van der Waals surface area contributed by atoms with Crippen molar-refractivity contribution in [2.75, 3.05) is 12.3 Å². The second-order valence-corrected chi connectivity index (χ2v) is 13.6. The quantitative estimate of drug-likeness (QED) is 0.149. The second-order valence-electron chi connectivity index (χ2n) is 10.5. The van der Waals surface area contributed by atoms with E-state index in [9.17, 15) is 5.11 Å². The van der Waals surface area contributed by atoms with Crippen molar-refractivity contribution in [2.24, 2.45) is 0 Å². The minimum absolute atomic E-state index is 0.598. The molecule has 234 valence electrons. The zero-order valence-corrected chi connectivity index (χ0v) is 29.3. The lowest BCUT2D eigenvalue weighted by atomic mass is 10.0. The minimum atomic E-state index is -0.973. The number of benzene rings is 4. The highest BCUT2D eigenvalue weighted by atomic mass is 32.2. The molecule has 45 heavy (non-hydrogen) atoms. The van der Waals surface area contributed by atoms with Crippen LogP contribution in [0.1, 0.15) is 43.4 Å². The number of aliphatic hydroxyl groups is 1. The Labute approximate surface area is 287 Å².